The predicted octanol–water partition coefficient (Wildman–Crippen LogP) is 4.22. The van der Waals surface area contributed by atoms with Crippen LogP contribution in [0.1, 0.15) is 30.1 Å². The van der Waals surface area contributed by atoms with Crippen molar-refractivity contribution in [3.05, 3.63) is 57.0 Å². The van der Waals surface area contributed by atoms with E-state index in [2.05, 4.69) is 4.74 Å². The molecule has 2 N–H and O–H groups in total. The molecule has 0 aliphatic heterocycles. The Morgan fingerprint density at radius 2 is 1.88 bits per heavy atom. The molecule has 0 unspecified atom stereocenters. The van der Waals surface area contributed by atoms with Gasteiger partial charge in [0.1, 0.15) is 16.1 Å². The number of ether oxygens (including phenoxy) is 3. The third kappa shape index (κ3) is 7.23. The fourth-order valence-corrected chi connectivity index (χ4v) is 3.47. The number of halogens is 5. The maximum Gasteiger partial charge on any atom is 0.387 e. The molecule has 32 heavy (non-hydrogen) atoms. The maximum atomic E-state index is 12.8. The zero-order chi connectivity index (χ0) is 22.5. The average Bonchev–Trinajstić information content (AvgIpc) is 3.53. The Morgan fingerprint density at radius 1 is 1.22 bits per heavy atom. The van der Waals surface area contributed by atoms with Crippen molar-refractivity contribution in [1.29, 1.82) is 0 Å². The van der Waals surface area contributed by atoms with E-state index >= 15 is 0 Å². The number of nitrogens with zero attached hydrogens (tertiary/aromatic N) is 1. The van der Waals surface area contributed by atoms with E-state index in [1.807, 2.05) is 0 Å². The van der Waals surface area contributed by atoms with Gasteiger partial charge in [0.15, 0.2) is 23.9 Å². The minimum Gasteiger partial charge on any atom is -0.619 e. The van der Waals surface area contributed by atoms with Crippen LogP contribution in [0.25, 0.3) is 0 Å². The molecule has 1 saturated carbocycles. The highest BCUT2D eigenvalue weighted by molar-refractivity contribution is 6.35. The number of benzene rings is 1. The highest BCUT2D eigenvalue weighted by Crippen LogP contribution is 2.37. The Labute approximate surface area is 199 Å². The number of carbonyl (C=O) groups is 1. The van der Waals surface area contributed by atoms with Crippen LogP contribution in [0.2, 0.25) is 10.0 Å². The first-order valence-electron chi connectivity index (χ1n) is 9.44. The second-order valence-corrected chi connectivity index (χ2v) is 7.83. The van der Waals surface area contributed by atoms with Crippen molar-refractivity contribution < 1.29 is 32.5 Å². The standard InChI is InChI=1S/C20H20Cl2F2N2O5.ClH/c21-14-8-26(28)9-15(22)13(14)6-17(30-19(27)7-25)12-3-4-16(31-20(23)24)18(5-12)29-10-11-1-2-11;/h3-5,8-9,11,17,20H,1-2,6-7,10,25H2;1H/t17-;/m0./s1. The molecule has 0 amide bonds. The number of carbonyl (C=O) groups excluding carboxylic acids is 1. The van der Waals surface area contributed by atoms with Gasteiger partial charge in [0.25, 0.3) is 0 Å². The zero-order valence-corrected chi connectivity index (χ0v) is 19.0. The van der Waals surface area contributed by atoms with Gasteiger partial charge in [-0.1, -0.05) is 29.3 Å². The maximum absolute atomic E-state index is 12.8. The molecule has 0 saturated heterocycles. The smallest absolute Gasteiger partial charge is 0.387 e. The molecule has 0 bridgehead atoms. The third-order valence-electron chi connectivity index (χ3n) is 4.61. The van der Waals surface area contributed by atoms with Crippen LogP contribution in [0.15, 0.2) is 30.6 Å². The molecule has 1 heterocycles. The molecule has 7 nitrogen and oxygen atoms in total. The Morgan fingerprint density at radius 3 is 2.44 bits per heavy atom. The molecule has 0 radical (unpaired) electrons. The lowest BCUT2D eigenvalue weighted by Crippen LogP contribution is -2.26. The molecule has 1 atom stereocenters. The summed E-state index contributed by atoms with van der Waals surface area (Å²) in [6.07, 6.45) is 3.35. The van der Waals surface area contributed by atoms with Crippen molar-refractivity contribution in [2.45, 2.75) is 32.0 Å². The number of esters is 1. The van der Waals surface area contributed by atoms with Crippen molar-refractivity contribution in [3.63, 3.8) is 0 Å². The molecular weight excluding hydrogens is 493 g/mol. The third-order valence-corrected chi connectivity index (χ3v) is 5.27. The van der Waals surface area contributed by atoms with E-state index in [-0.39, 0.29) is 46.9 Å². The molecule has 3 rings (SSSR count). The predicted molar refractivity (Wildman–Crippen MR) is 116 cm³/mol. The summed E-state index contributed by atoms with van der Waals surface area (Å²) in [6, 6.07) is 4.24. The zero-order valence-electron chi connectivity index (χ0n) is 16.6. The number of aromatic nitrogens is 1. The fraction of sp³-hybridized carbons (Fsp3) is 0.400. The average molecular weight is 514 g/mol. The van der Waals surface area contributed by atoms with Crippen molar-refractivity contribution in [1.82, 2.24) is 0 Å². The molecular formula is C20H21Cl3F2N2O5. The van der Waals surface area contributed by atoms with Crippen LogP contribution < -0.4 is 19.9 Å². The number of pyridine rings is 1. The molecule has 1 aliphatic carbocycles. The first-order chi connectivity index (χ1) is 14.8. The van der Waals surface area contributed by atoms with Gasteiger partial charge in [0.2, 0.25) is 0 Å². The van der Waals surface area contributed by atoms with Gasteiger partial charge in [0.05, 0.1) is 13.2 Å². The quantitative estimate of drug-likeness (QED) is 0.290. The van der Waals surface area contributed by atoms with E-state index in [9.17, 15) is 18.8 Å². The Kier molecular flexibility index (Phi) is 9.57. The summed E-state index contributed by atoms with van der Waals surface area (Å²) in [7, 11) is 0. The van der Waals surface area contributed by atoms with Crippen LogP contribution in [-0.2, 0) is 16.0 Å². The van der Waals surface area contributed by atoms with Crippen molar-refractivity contribution in [3.8, 4) is 11.5 Å². The number of nitrogens with two attached hydrogens (primary N) is 1. The summed E-state index contributed by atoms with van der Waals surface area (Å²) in [5, 5.41) is 11.7. The largest absolute Gasteiger partial charge is 0.619 e. The number of rotatable bonds is 10. The van der Waals surface area contributed by atoms with Crippen LogP contribution in [0.4, 0.5) is 8.78 Å². The van der Waals surface area contributed by atoms with Crippen molar-refractivity contribution in [2.24, 2.45) is 11.7 Å². The molecule has 0 spiro atoms. The van der Waals surface area contributed by atoms with Crippen LogP contribution >= 0.6 is 35.6 Å². The molecule has 12 heteroatoms. The molecule has 2 aromatic rings. The summed E-state index contributed by atoms with van der Waals surface area (Å²) in [4.78, 5) is 11.9. The Hall–Kier alpha value is -2.07. The fourth-order valence-electron chi connectivity index (χ4n) is 2.87. The highest BCUT2D eigenvalue weighted by Gasteiger charge is 2.26. The Bertz CT molecular complexity index is 924. The van der Waals surface area contributed by atoms with E-state index in [1.54, 1.807) is 0 Å². The molecule has 176 valence electrons. The first-order valence-corrected chi connectivity index (χ1v) is 10.2. The van der Waals surface area contributed by atoms with Crippen molar-refractivity contribution >= 4 is 41.6 Å². The SMILES string of the molecule is Cl.NCC(=O)O[C@@H](Cc1c(Cl)c[n+]([O-])cc1Cl)c1ccc(OC(F)F)c(OCC2CC2)c1. The monoisotopic (exact) mass is 512 g/mol. The summed E-state index contributed by atoms with van der Waals surface area (Å²) in [5.41, 5.74) is 6.17. The van der Waals surface area contributed by atoms with Crippen molar-refractivity contribution in [2.75, 3.05) is 13.2 Å². The second kappa shape index (κ2) is 11.7. The summed E-state index contributed by atoms with van der Waals surface area (Å²) in [6.45, 7) is -3.04. The molecule has 1 aromatic heterocycles. The van der Waals surface area contributed by atoms with Gasteiger partial charge in [-0.25, -0.2) is 0 Å². The van der Waals surface area contributed by atoms with Gasteiger partial charge in [-0.3, -0.25) is 4.79 Å². The number of alkyl halides is 2. The lowest BCUT2D eigenvalue weighted by Gasteiger charge is -2.21. The van der Waals surface area contributed by atoms with Gasteiger partial charge in [-0.05, 0) is 36.5 Å². The minimum absolute atomic E-state index is 0. The summed E-state index contributed by atoms with van der Waals surface area (Å²) >= 11 is 12.3. The molecule has 1 fully saturated rings. The second-order valence-electron chi connectivity index (χ2n) is 7.02. The lowest BCUT2D eigenvalue weighted by molar-refractivity contribution is -0.605. The normalized spacial score (nSPS) is 13.9. The topological polar surface area (TPSA) is 97.7 Å². The number of hydrogen-bond donors (Lipinski definition) is 1. The van der Waals surface area contributed by atoms with E-state index in [0.29, 0.717) is 28.4 Å². The van der Waals surface area contributed by atoms with E-state index in [1.165, 1.54) is 18.2 Å². The van der Waals surface area contributed by atoms with Crippen LogP contribution in [0, 0.1) is 11.1 Å². The summed E-state index contributed by atoms with van der Waals surface area (Å²) < 4.78 is 41.7. The minimum atomic E-state index is -3.03. The highest BCUT2D eigenvalue weighted by atomic mass is 35.5. The van der Waals surface area contributed by atoms with Gasteiger partial charge in [-0.2, -0.15) is 13.5 Å². The van der Waals surface area contributed by atoms with Gasteiger partial charge in [0, 0.05) is 12.0 Å². The first kappa shape index (κ1) is 26.2. The van der Waals surface area contributed by atoms with Gasteiger partial charge < -0.3 is 25.2 Å². The van der Waals surface area contributed by atoms with Crippen LogP contribution in [-0.4, -0.2) is 25.7 Å². The van der Waals surface area contributed by atoms with Gasteiger partial charge in [-0.15, -0.1) is 12.4 Å². The lowest BCUT2D eigenvalue weighted by atomic mass is 10.0. The number of hydrogen-bond acceptors (Lipinski definition) is 6. The van der Waals surface area contributed by atoms with Gasteiger partial charge >= 0.3 is 12.6 Å². The molecule has 1 aromatic carbocycles. The van der Waals surface area contributed by atoms with Crippen LogP contribution in [0.5, 0.6) is 11.5 Å². The summed E-state index contributed by atoms with van der Waals surface area (Å²) in [5.74, 6) is -0.359. The Balaban J connectivity index is 0.00000363. The van der Waals surface area contributed by atoms with Crippen LogP contribution in [0.3, 0.4) is 0 Å². The molecule has 1 aliphatic rings. The van der Waals surface area contributed by atoms with E-state index < -0.39 is 18.7 Å². The van der Waals surface area contributed by atoms with E-state index in [4.69, 9.17) is 38.4 Å². The van der Waals surface area contributed by atoms with E-state index in [0.717, 1.165) is 25.2 Å².